The fraction of sp³-hybridized carbons (Fsp3) is 0.950. The van der Waals surface area contributed by atoms with Crippen LogP contribution in [0.3, 0.4) is 0 Å². The normalized spacial score (nSPS) is 17.8. The van der Waals surface area contributed by atoms with Gasteiger partial charge in [-0.2, -0.15) is 0 Å². The van der Waals surface area contributed by atoms with E-state index in [-0.39, 0.29) is 19.4 Å². The zero-order chi connectivity index (χ0) is 38.1. The molecule has 0 bridgehead atoms. The molecule has 308 valence electrons. The molecule has 1 aliphatic heterocycles. The molecule has 3 N–H and O–H groups in total. The second-order valence-electron chi connectivity index (χ2n) is 14.8. The Balaban J connectivity index is 2.24. The Hall–Kier alpha value is -1.07. The topological polar surface area (TPSA) is 161 Å². The summed E-state index contributed by atoms with van der Waals surface area (Å²) in [5, 5.41) is 18.3. The van der Waals surface area contributed by atoms with Gasteiger partial charge in [-0.05, 0) is 25.7 Å². The number of aliphatic hydroxyl groups excluding tert-OH is 2. The standard InChI is InChI=1S/C40H77O11P/c1-3-5-7-9-10-11-12-13-14-15-18-21-25-29-39(43)47-33-36(34-49-52(45,46)48-32-35(42)31-41)50-40(44)30-26-22-19-16-17-20-24-28-38-37(51-38)27-23-8-6-4-2/h35-38,41-42H,3-34H2,1-2H3,(H,45,46). The van der Waals surface area contributed by atoms with E-state index in [1.165, 1.54) is 109 Å². The van der Waals surface area contributed by atoms with E-state index in [0.29, 0.717) is 25.0 Å². The summed E-state index contributed by atoms with van der Waals surface area (Å²) in [5.41, 5.74) is 0. The number of rotatable bonds is 39. The maximum Gasteiger partial charge on any atom is 0.472 e. The second-order valence-corrected chi connectivity index (χ2v) is 16.2. The number of aliphatic hydroxyl groups is 2. The highest BCUT2D eigenvalue weighted by Crippen LogP contribution is 2.43. The predicted octanol–water partition coefficient (Wildman–Crippen LogP) is 9.66. The van der Waals surface area contributed by atoms with Crippen molar-refractivity contribution in [3.05, 3.63) is 0 Å². The van der Waals surface area contributed by atoms with Crippen LogP contribution in [0.4, 0.5) is 0 Å². The van der Waals surface area contributed by atoms with Crippen LogP contribution in [-0.4, -0.2) is 77.9 Å². The highest BCUT2D eigenvalue weighted by atomic mass is 31.2. The molecule has 5 unspecified atom stereocenters. The fourth-order valence-electron chi connectivity index (χ4n) is 6.31. The number of epoxide rings is 1. The first-order valence-electron chi connectivity index (χ1n) is 21.1. The van der Waals surface area contributed by atoms with Crippen molar-refractivity contribution in [3.63, 3.8) is 0 Å². The molecule has 52 heavy (non-hydrogen) atoms. The summed E-state index contributed by atoms with van der Waals surface area (Å²) in [6, 6.07) is 0. The first-order valence-corrected chi connectivity index (χ1v) is 22.6. The summed E-state index contributed by atoms with van der Waals surface area (Å²) in [7, 11) is -4.61. The maximum atomic E-state index is 12.6. The van der Waals surface area contributed by atoms with Crippen molar-refractivity contribution >= 4 is 19.8 Å². The number of hydrogen-bond acceptors (Lipinski definition) is 10. The Morgan fingerprint density at radius 2 is 1.00 bits per heavy atom. The van der Waals surface area contributed by atoms with Crippen LogP contribution in [0.5, 0.6) is 0 Å². The third-order valence-electron chi connectivity index (χ3n) is 9.68. The van der Waals surface area contributed by atoms with Gasteiger partial charge >= 0.3 is 19.8 Å². The molecule has 0 aromatic carbocycles. The summed E-state index contributed by atoms with van der Waals surface area (Å²) >= 11 is 0. The molecular formula is C40H77O11P. The summed E-state index contributed by atoms with van der Waals surface area (Å²) in [6.45, 7) is 2.36. The smallest absolute Gasteiger partial charge is 0.462 e. The first kappa shape index (κ1) is 48.9. The fourth-order valence-corrected chi connectivity index (χ4v) is 7.10. The zero-order valence-electron chi connectivity index (χ0n) is 33.0. The number of carbonyl (C=O) groups is 2. The molecule has 0 amide bonds. The molecule has 5 atom stereocenters. The molecular weight excluding hydrogens is 687 g/mol. The Kier molecular flexibility index (Phi) is 31.3. The Morgan fingerprint density at radius 1 is 0.596 bits per heavy atom. The van der Waals surface area contributed by atoms with E-state index in [9.17, 15) is 24.2 Å². The van der Waals surface area contributed by atoms with E-state index < -0.39 is 51.8 Å². The maximum absolute atomic E-state index is 12.6. The monoisotopic (exact) mass is 765 g/mol. The Bertz CT molecular complexity index is 905. The molecule has 0 saturated carbocycles. The number of phosphoric ester groups is 1. The Morgan fingerprint density at radius 3 is 1.48 bits per heavy atom. The van der Waals surface area contributed by atoms with Crippen molar-refractivity contribution in [2.75, 3.05) is 26.4 Å². The summed E-state index contributed by atoms with van der Waals surface area (Å²) in [4.78, 5) is 34.9. The van der Waals surface area contributed by atoms with Gasteiger partial charge in [0, 0.05) is 12.8 Å². The van der Waals surface area contributed by atoms with Gasteiger partial charge < -0.3 is 29.3 Å². The number of phosphoric acid groups is 1. The van der Waals surface area contributed by atoms with E-state index in [1.54, 1.807) is 0 Å². The van der Waals surface area contributed by atoms with Crippen LogP contribution in [0.15, 0.2) is 0 Å². The number of unbranched alkanes of at least 4 members (excludes halogenated alkanes) is 21. The van der Waals surface area contributed by atoms with Crippen molar-refractivity contribution < 1.29 is 52.5 Å². The molecule has 11 nitrogen and oxygen atoms in total. The van der Waals surface area contributed by atoms with Crippen molar-refractivity contribution in [1.29, 1.82) is 0 Å². The SMILES string of the molecule is CCCCCCCCCCCCCCCC(=O)OCC(COP(=O)(O)OCC(O)CO)OC(=O)CCCCCCCCCC1OC1CCCCCC. The van der Waals surface area contributed by atoms with Crippen molar-refractivity contribution in [2.24, 2.45) is 0 Å². The lowest BCUT2D eigenvalue weighted by molar-refractivity contribution is -0.161. The van der Waals surface area contributed by atoms with Gasteiger partial charge in [-0.25, -0.2) is 4.57 Å². The lowest BCUT2D eigenvalue weighted by atomic mass is 10.0. The van der Waals surface area contributed by atoms with Gasteiger partial charge in [0.2, 0.25) is 0 Å². The van der Waals surface area contributed by atoms with E-state index in [0.717, 1.165) is 44.9 Å². The molecule has 0 aromatic heterocycles. The average molecular weight is 765 g/mol. The van der Waals surface area contributed by atoms with E-state index in [2.05, 4.69) is 18.4 Å². The Labute approximate surface area is 316 Å². The molecule has 1 aliphatic rings. The van der Waals surface area contributed by atoms with E-state index in [1.807, 2.05) is 0 Å². The lowest BCUT2D eigenvalue weighted by Crippen LogP contribution is -2.29. The summed E-state index contributed by atoms with van der Waals surface area (Å²) < 4.78 is 38.5. The second kappa shape index (κ2) is 33.3. The van der Waals surface area contributed by atoms with Crippen LogP contribution in [0.1, 0.15) is 194 Å². The summed E-state index contributed by atoms with van der Waals surface area (Å²) in [6.07, 6.45) is 29.4. The van der Waals surface area contributed by atoms with Crippen molar-refractivity contribution in [2.45, 2.75) is 218 Å². The highest BCUT2D eigenvalue weighted by molar-refractivity contribution is 7.47. The molecule has 0 aliphatic carbocycles. The molecule has 1 rings (SSSR count). The van der Waals surface area contributed by atoms with Gasteiger partial charge in [0.05, 0.1) is 32.0 Å². The first-order chi connectivity index (χ1) is 25.2. The van der Waals surface area contributed by atoms with Gasteiger partial charge in [0.15, 0.2) is 6.10 Å². The summed E-state index contributed by atoms with van der Waals surface area (Å²) in [5.74, 6) is -0.926. The molecule has 0 spiro atoms. The van der Waals surface area contributed by atoms with Gasteiger partial charge in [-0.3, -0.25) is 18.6 Å². The van der Waals surface area contributed by atoms with Gasteiger partial charge in [-0.1, -0.05) is 155 Å². The minimum atomic E-state index is -4.61. The quantitative estimate of drug-likeness (QED) is 0.0237. The van der Waals surface area contributed by atoms with Crippen LogP contribution in [-0.2, 0) is 37.4 Å². The van der Waals surface area contributed by atoms with Crippen LogP contribution in [0, 0.1) is 0 Å². The third-order valence-corrected chi connectivity index (χ3v) is 10.6. The van der Waals surface area contributed by atoms with Gasteiger partial charge in [0.1, 0.15) is 12.7 Å². The molecule has 0 radical (unpaired) electrons. The largest absolute Gasteiger partial charge is 0.472 e. The minimum absolute atomic E-state index is 0.179. The molecule has 1 heterocycles. The van der Waals surface area contributed by atoms with Gasteiger partial charge in [0.25, 0.3) is 0 Å². The average Bonchev–Trinajstić information content (AvgIpc) is 3.89. The van der Waals surface area contributed by atoms with Crippen LogP contribution in [0.25, 0.3) is 0 Å². The molecule has 12 heteroatoms. The number of carbonyl (C=O) groups excluding carboxylic acids is 2. The minimum Gasteiger partial charge on any atom is -0.462 e. The van der Waals surface area contributed by atoms with Crippen LogP contribution >= 0.6 is 7.82 Å². The van der Waals surface area contributed by atoms with Crippen LogP contribution < -0.4 is 0 Å². The lowest BCUT2D eigenvalue weighted by Gasteiger charge is -2.20. The third kappa shape index (κ3) is 30.3. The predicted molar refractivity (Wildman–Crippen MR) is 205 cm³/mol. The van der Waals surface area contributed by atoms with Crippen molar-refractivity contribution in [3.8, 4) is 0 Å². The number of ether oxygens (including phenoxy) is 3. The highest BCUT2D eigenvalue weighted by Gasteiger charge is 2.36. The van der Waals surface area contributed by atoms with Crippen molar-refractivity contribution in [1.82, 2.24) is 0 Å². The molecule has 1 fully saturated rings. The molecule has 0 aromatic rings. The zero-order valence-corrected chi connectivity index (χ0v) is 33.9. The van der Waals surface area contributed by atoms with E-state index in [4.69, 9.17) is 23.8 Å². The van der Waals surface area contributed by atoms with Crippen LogP contribution in [0.2, 0.25) is 0 Å². The van der Waals surface area contributed by atoms with Gasteiger partial charge in [-0.15, -0.1) is 0 Å². The van der Waals surface area contributed by atoms with E-state index >= 15 is 0 Å². The number of esters is 2. The number of hydrogen-bond donors (Lipinski definition) is 3. The molecule has 1 saturated heterocycles.